The smallest absolute Gasteiger partial charge is 0.246 e. The summed E-state index contributed by atoms with van der Waals surface area (Å²) in [5.74, 6) is 9.38. The van der Waals surface area contributed by atoms with Crippen LogP contribution in [0, 0.1) is 23.7 Å². The number of nitrogens with one attached hydrogen (secondary N) is 6. The van der Waals surface area contributed by atoms with E-state index in [2.05, 4.69) is 67.7 Å². The predicted molar refractivity (Wildman–Crippen MR) is 312 cm³/mol. The highest BCUT2D eigenvalue weighted by molar-refractivity contribution is 7.60. The van der Waals surface area contributed by atoms with Gasteiger partial charge >= 0.3 is 0 Å². The number of halogens is 2. The Morgan fingerprint density at radius 2 is 0.914 bits per heavy atom. The molecule has 2 heterocycles. The van der Waals surface area contributed by atoms with E-state index in [1.165, 1.54) is 11.1 Å². The van der Waals surface area contributed by atoms with Crippen LogP contribution in [0.1, 0.15) is 112 Å². The lowest BCUT2D eigenvalue weighted by Crippen LogP contribution is -2.55. The van der Waals surface area contributed by atoms with E-state index in [1.54, 1.807) is 37.7 Å². The van der Waals surface area contributed by atoms with Gasteiger partial charge in [-0.2, -0.15) is 81.0 Å². The van der Waals surface area contributed by atoms with Crippen LogP contribution in [0.15, 0.2) is 48.5 Å². The van der Waals surface area contributed by atoms with Gasteiger partial charge in [-0.25, -0.2) is 0 Å². The first-order chi connectivity index (χ1) is 30.0. The molecule has 2 aromatic rings. The van der Waals surface area contributed by atoms with Gasteiger partial charge in [0.2, 0.25) is 35.4 Å². The van der Waals surface area contributed by atoms with Crippen LogP contribution in [-0.2, 0) is 41.6 Å². The summed E-state index contributed by atoms with van der Waals surface area (Å²) in [7, 11) is 3.30. The zero-order valence-electron chi connectivity index (χ0n) is 40.3. The van der Waals surface area contributed by atoms with Gasteiger partial charge < -0.3 is 41.7 Å². The van der Waals surface area contributed by atoms with Gasteiger partial charge in [0.1, 0.15) is 24.2 Å². The molecule has 0 unspecified atom stereocenters. The van der Waals surface area contributed by atoms with E-state index in [0.717, 1.165) is 49.7 Å². The molecule has 2 fully saturated rings. The van der Waals surface area contributed by atoms with Crippen LogP contribution in [0.3, 0.4) is 0 Å². The molecular formula is C48H76Cl2N8O6S6. The van der Waals surface area contributed by atoms with Crippen LogP contribution >= 0.6 is 106 Å². The minimum Gasteiger partial charge on any atom is -0.347 e. The van der Waals surface area contributed by atoms with Crippen molar-refractivity contribution in [3.05, 3.63) is 70.8 Å². The number of nitrogens with zero attached hydrogens (tertiary/aromatic N) is 2. The number of fused-ring (bicyclic) bond motifs is 2. The summed E-state index contributed by atoms with van der Waals surface area (Å²) in [4.78, 5) is 84.9. The maximum Gasteiger partial charge on any atom is 0.246 e. The Morgan fingerprint density at radius 3 is 1.27 bits per heavy atom. The van der Waals surface area contributed by atoms with Crippen LogP contribution in [0.2, 0.25) is 0 Å². The summed E-state index contributed by atoms with van der Waals surface area (Å²) in [6, 6.07) is 11.4. The fourth-order valence-corrected chi connectivity index (χ4v) is 9.00. The normalized spacial score (nSPS) is 19.6. The zero-order valence-corrected chi connectivity index (χ0v) is 47.9. The quantitative estimate of drug-likeness (QED) is 0.155. The molecule has 2 aliphatic heterocycles. The molecule has 22 heteroatoms. The predicted octanol–water partition coefficient (Wildman–Crippen LogP) is 3.85. The lowest BCUT2D eigenvalue weighted by atomic mass is 9.87. The fourth-order valence-electron chi connectivity index (χ4n) is 9.00. The summed E-state index contributed by atoms with van der Waals surface area (Å²) in [6.07, 6.45) is 7.70. The maximum atomic E-state index is 14.1. The van der Waals surface area contributed by atoms with Crippen molar-refractivity contribution in [3.63, 3.8) is 0 Å². The average molecular weight is 1120 g/mol. The molecule has 8 atom stereocenters. The molecule has 6 N–H and O–H groups in total. The molecular weight excluding hydrogens is 1050 g/mol. The Hall–Kier alpha value is -3.02. The van der Waals surface area contributed by atoms with Gasteiger partial charge in [-0.3, -0.25) is 28.8 Å². The lowest BCUT2D eigenvalue weighted by molar-refractivity contribution is -0.141. The third-order valence-corrected chi connectivity index (χ3v) is 12.8. The number of amides is 6. The standard InChI is InChI=1S/C48H62N8O6.2ClH.6H2S/c1-31(49-3)43(57)53-39(47(61)55-29-15-27-41(55)45(59)51-37-25-13-19-33-17-9-11-21-35(33)37)23-7-5-6-8-24-40(54-44(58)32(2)50-4)48(62)56-30-16-28-42(56)46(60)52-38-26-14-20-34-18-10-12-22-36(34)38;;;;;;;;/h9-12,17-18,21-22,31-32,37-42,49-50H,13-16,19-20,23-30H2,1-4H3,(H,51,59)(H,52,60)(H,53,57)(H,54,58);2*1H;6*1H2/t31-,32-,37+,38+,39-,40-,41-,42-;;;;;;;;/m0......../s1. The molecule has 70 heavy (non-hydrogen) atoms. The van der Waals surface area contributed by atoms with E-state index in [9.17, 15) is 28.8 Å². The number of aryl methyl sites for hydroxylation is 2. The Bertz CT molecular complexity index is 2000. The molecule has 2 saturated heterocycles. The molecule has 4 aliphatic rings. The molecule has 394 valence electrons. The topological polar surface area (TPSA) is 181 Å². The van der Waals surface area contributed by atoms with Crippen LogP contribution in [0.4, 0.5) is 0 Å². The first kappa shape index (κ1) is 71.2. The first-order valence-corrected chi connectivity index (χ1v) is 22.3. The van der Waals surface area contributed by atoms with Crippen molar-refractivity contribution >= 4 is 141 Å². The molecule has 2 aromatic carbocycles. The monoisotopic (exact) mass is 1120 g/mol. The summed E-state index contributed by atoms with van der Waals surface area (Å²) >= 11 is 0. The van der Waals surface area contributed by atoms with Crippen LogP contribution < -0.4 is 31.9 Å². The Labute approximate surface area is 469 Å². The van der Waals surface area contributed by atoms with E-state index in [0.29, 0.717) is 38.8 Å². The summed E-state index contributed by atoms with van der Waals surface area (Å²) in [5.41, 5.74) is 4.67. The molecule has 14 nitrogen and oxygen atoms in total. The van der Waals surface area contributed by atoms with Crippen LogP contribution in [0.5, 0.6) is 0 Å². The molecule has 0 radical (unpaired) electrons. The molecule has 6 rings (SSSR count). The highest BCUT2D eigenvalue weighted by atomic mass is 35.5. The minimum atomic E-state index is -1.03. The van der Waals surface area contributed by atoms with E-state index < -0.39 is 48.1 Å². The van der Waals surface area contributed by atoms with Crippen molar-refractivity contribution < 1.29 is 28.8 Å². The highest BCUT2D eigenvalue weighted by Crippen LogP contribution is 2.32. The van der Waals surface area contributed by atoms with E-state index in [1.807, 2.05) is 36.4 Å². The largest absolute Gasteiger partial charge is 0.347 e. The zero-order chi connectivity index (χ0) is 44.2. The molecule has 2 aliphatic carbocycles. The van der Waals surface area contributed by atoms with Gasteiger partial charge in [-0.05, 0) is 126 Å². The summed E-state index contributed by atoms with van der Waals surface area (Å²) < 4.78 is 0. The number of likely N-dealkylation sites (N-methyl/N-ethyl adjacent to an activating group) is 2. The second-order valence-electron chi connectivity index (χ2n) is 16.8. The van der Waals surface area contributed by atoms with Crippen molar-refractivity contribution in [2.24, 2.45) is 0 Å². The third-order valence-electron chi connectivity index (χ3n) is 12.8. The SMILES string of the molecule is CN[C@@H](C)C(=O)N[C@@H](CC#CC#CC[C@H](NC(=O)[C@H](C)NC)C(=O)N1CCC[C@H]1C(=O)N[C@@H]1CCCc2ccccc21)C(=O)N1CCC[C@H]1C(=O)N[C@@H]1CCCc2ccccc21.Cl.Cl.S.S.S.S.S.S. The number of likely N-dealkylation sites (tertiary alicyclic amines) is 2. The molecule has 0 spiro atoms. The second kappa shape index (κ2) is 35.2. The third kappa shape index (κ3) is 18.5. The highest BCUT2D eigenvalue weighted by Gasteiger charge is 2.40. The number of hydrogen-bond acceptors (Lipinski definition) is 8. The van der Waals surface area contributed by atoms with E-state index in [-0.39, 0.29) is 154 Å². The van der Waals surface area contributed by atoms with Crippen molar-refractivity contribution in [2.75, 3.05) is 27.2 Å². The summed E-state index contributed by atoms with van der Waals surface area (Å²) in [5, 5.41) is 17.8. The number of hydrogen-bond donors (Lipinski definition) is 6. The van der Waals surface area contributed by atoms with Gasteiger partial charge in [0, 0.05) is 25.9 Å². The summed E-state index contributed by atoms with van der Waals surface area (Å²) in [6.45, 7) is 4.12. The van der Waals surface area contributed by atoms with Crippen molar-refractivity contribution in [1.82, 2.24) is 41.7 Å². The van der Waals surface area contributed by atoms with Gasteiger partial charge in [0.05, 0.1) is 24.2 Å². The first-order valence-electron chi connectivity index (χ1n) is 22.3. The van der Waals surface area contributed by atoms with Crippen molar-refractivity contribution in [1.29, 1.82) is 0 Å². The van der Waals surface area contributed by atoms with Gasteiger partial charge in [0.15, 0.2) is 0 Å². The van der Waals surface area contributed by atoms with Crippen molar-refractivity contribution in [2.45, 2.75) is 139 Å². The number of carbonyl (C=O) groups is 6. The minimum absolute atomic E-state index is 0. The van der Waals surface area contributed by atoms with Crippen molar-refractivity contribution in [3.8, 4) is 23.7 Å². The van der Waals surface area contributed by atoms with Gasteiger partial charge in [0.25, 0.3) is 0 Å². The maximum absolute atomic E-state index is 14.1. The average Bonchev–Trinajstić information content (AvgIpc) is 4.00. The van der Waals surface area contributed by atoms with Crippen LogP contribution in [0.25, 0.3) is 0 Å². The lowest BCUT2D eigenvalue weighted by Gasteiger charge is -2.31. The molecule has 0 bridgehead atoms. The molecule has 6 amide bonds. The fraction of sp³-hybridized carbons (Fsp3) is 0.542. The molecule has 0 saturated carbocycles. The van der Waals surface area contributed by atoms with E-state index >= 15 is 0 Å². The number of rotatable bonds is 14. The number of benzene rings is 2. The van der Waals surface area contributed by atoms with E-state index in [4.69, 9.17) is 0 Å². The Balaban J connectivity index is -0.00000561. The van der Waals surface area contributed by atoms with Gasteiger partial charge in [-0.15, -0.1) is 24.8 Å². The van der Waals surface area contributed by atoms with Gasteiger partial charge in [-0.1, -0.05) is 60.4 Å². The molecule has 0 aromatic heterocycles. The van der Waals surface area contributed by atoms with Crippen LogP contribution in [-0.4, -0.2) is 109 Å². The number of carbonyl (C=O) groups excluding carboxylic acids is 6. The Morgan fingerprint density at radius 1 is 0.557 bits per heavy atom. The second-order valence-corrected chi connectivity index (χ2v) is 16.8. The Kier molecular flexibility index (Phi) is 35.8.